The Bertz CT molecular complexity index is 857. The van der Waals surface area contributed by atoms with E-state index in [9.17, 15) is 9.18 Å². The van der Waals surface area contributed by atoms with Crippen LogP contribution in [-0.2, 0) is 6.42 Å². The molecule has 5 nitrogen and oxygen atoms in total. The second-order valence-electron chi connectivity index (χ2n) is 5.70. The first-order chi connectivity index (χ1) is 11.5. The number of nitrogens with one attached hydrogen (secondary N) is 3. The van der Waals surface area contributed by atoms with E-state index in [1.165, 1.54) is 23.5 Å². The van der Waals surface area contributed by atoms with Crippen molar-refractivity contribution >= 4 is 28.3 Å². The zero-order valence-electron chi connectivity index (χ0n) is 13.5. The first-order valence-electron chi connectivity index (χ1n) is 7.75. The molecule has 0 radical (unpaired) electrons. The number of aryl methyl sites for hydroxylation is 1. The van der Waals surface area contributed by atoms with Crippen LogP contribution in [0.15, 0.2) is 29.8 Å². The van der Waals surface area contributed by atoms with Crippen molar-refractivity contribution < 1.29 is 9.18 Å². The fourth-order valence-electron chi connectivity index (χ4n) is 2.55. The molecular weight excluding hydrogens is 327 g/mol. The summed E-state index contributed by atoms with van der Waals surface area (Å²) >= 11 is 1.53. The van der Waals surface area contributed by atoms with Gasteiger partial charge in [0.25, 0.3) is 0 Å². The number of fused-ring (bicyclic) bond motifs is 1. The predicted molar refractivity (Wildman–Crippen MR) is 93.8 cm³/mol. The van der Waals surface area contributed by atoms with Gasteiger partial charge in [0.2, 0.25) is 0 Å². The summed E-state index contributed by atoms with van der Waals surface area (Å²) in [4.78, 5) is 19.4. The zero-order chi connectivity index (χ0) is 17.1. The van der Waals surface area contributed by atoms with Crippen molar-refractivity contribution in [2.45, 2.75) is 26.3 Å². The molecule has 1 aromatic carbocycles. The molecule has 0 aliphatic carbocycles. The van der Waals surface area contributed by atoms with Crippen LogP contribution in [0.4, 0.5) is 9.18 Å². The van der Waals surface area contributed by atoms with Crippen LogP contribution in [0, 0.1) is 12.7 Å². The smallest absolute Gasteiger partial charge is 0.315 e. The second kappa shape index (κ2) is 7.00. The highest BCUT2D eigenvalue weighted by molar-refractivity contribution is 7.09. The Labute approximate surface area is 143 Å². The molecule has 24 heavy (non-hydrogen) atoms. The molecule has 0 bridgehead atoms. The fourth-order valence-corrected chi connectivity index (χ4v) is 3.35. The lowest BCUT2D eigenvalue weighted by atomic mass is 10.1. The minimum Gasteiger partial charge on any atom is -0.361 e. The molecule has 0 fully saturated rings. The van der Waals surface area contributed by atoms with E-state index in [1.807, 2.05) is 25.4 Å². The van der Waals surface area contributed by atoms with Crippen molar-refractivity contribution in [2.75, 3.05) is 6.54 Å². The lowest BCUT2D eigenvalue weighted by Crippen LogP contribution is -2.38. The average molecular weight is 346 g/mol. The van der Waals surface area contributed by atoms with Gasteiger partial charge in [-0.1, -0.05) is 0 Å². The monoisotopic (exact) mass is 346 g/mol. The van der Waals surface area contributed by atoms with Crippen molar-refractivity contribution in [3.63, 3.8) is 0 Å². The third-order valence-corrected chi connectivity index (χ3v) is 4.91. The molecule has 3 rings (SSSR count). The van der Waals surface area contributed by atoms with Crippen LogP contribution in [0.5, 0.6) is 0 Å². The molecule has 0 aliphatic rings. The molecule has 0 aliphatic heterocycles. The first-order valence-corrected chi connectivity index (χ1v) is 8.63. The van der Waals surface area contributed by atoms with Gasteiger partial charge < -0.3 is 15.6 Å². The summed E-state index contributed by atoms with van der Waals surface area (Å²) in [7, 11) is 0. The number of carbonyl (C=O) groups is 1. The van der Waals surface area contributed by atoms with Gasteiger partial charge in [0.05, 0.1) is 6.04 Å². The Hall–Kier alpha value is -2.41. The highest BCUT2D eigenvalue weighted by Crippen LogP contribution is 2.20. The molecule has 126 valence electrons. The maximum absolute atomic E-state index is 13.4. The number of halogens is 1. The molecule has 0 saturated heterocycles. The fraction of sp³-hybridized carbons (Fsp3) is 0.294. The molecular formula is C17H19FN4OS. The first kappa shape index (κ1) is 16.4. The van der Waals surface area contributed by atoms with Crippen LogP contribution < -0.4 is 10.6 Å². The molecule has 3 aromatic rings. The van der Waals surface area contributed by atoms with Crippen molar-refractivity contribution in [3.05, 3.63) is 51.9 Å². The Morgan fingerprint density at radius 1 is 1.46 bits per heavy atom. The van der Waals surface area contributed by atoms with E-state index in [2.05, 4.69) is 20.6 Å². The Morgan fingerprint density at radius 2 is 2.29 bits per heavy atom. The number of aromatic amines is 1. The molecule has 1 unspecified atom stereocenters. The summed E-state index contributed by atoms with van der Waals surface area (Å²) < 4.78 is 13.4. The highest BCUT2D eigenvalue weighted by atomic mass is 32.1. The molecule has 0 saturated carbocycles. The van der Waals surface area contributed by atoms with Crippen LogP contribution in [0.3, 0.4) is 0 Å². The highest BCUT2D eigenvalue weighted by Gasteiger charge is 2.12. The van der Waals surface area contributed by atoms with E-state index >= 15 is 0 Å². The molecule has 2 amide bonds. The predicted octanol–water partition coefficient (Wildman–Crippen LogP) is 3.67. The van der Waals surface area contributed by atoms with Gasteiger partial charge in [0.1, 0.15) is 10.8 Å². The molecule has 2 aromatic heterocycles. The number of hydrogen-bond donors (Lipinski definition) is 3. The third-order valence-electron chi connectivity index (χ3n) is 3.76. The molecule has 1 atom stereocenters. The lowest BCUT2D eigenvalue weighted by Gasteiger charge is -2.12. The van der Waals surface area contributed by atoms with E-state index in [1.54, 1.807) is 6.07 Å². The van der Waals surface area contributed by atoms with Crippen molar-refractivity contribution in [1.29, 1.82) is 0 Å². The van der Waals surface area contributed by atoms with E-state index in [0.29, 0.717) is 13.0 Å². The van der Waals surface area contributed by atoms with E-state index in [4.69, 9.17) is 0 Å². The topological polar surface area (TPSA) is 69.8 Å². The van der Waals surface area contributed by atoms with E-state index in [0.717, 1.165) is 27.2 Å². The number of aromatic nitrogens is 2. The van der Waals surface area contributed by atoms with Crippen LogP contribution in [0.25, 0.3) is 10.9 Å². The summed E-state index contributed by atoms with van der Waals surface area (Å²) in [6, 6.07) is 4.28. The standard InChI is InChI=1S/C17H19FN4OS/c1-10-9-24-16(21-10)11(2)22-17(23)19-6-5-12-8-20-15-4-3-13(18)7-14(12)15/h3-4,7-9,11,20H,5-6H2,1-2H3,(H2,19,22,23). The Morgan fingerprint density at radius 3 is 3.04 bits per heavy atom. The van der Waals surface area contributed by atoms with Gasteiger partial charge in [-0.15, -0.1) is 11.3 Å². The number of urea groups is 1. The zero-order valence-corrected chi connectivity index (χ0v) is 14.3. The number of H-pyrrole nitrogens is 1. The minimum absolute atomic E-state index is 0.133. The van der Waals surface area contributed by atoms with Gasteiger partial charge in [-0.05, 0) is 44.0 Å². The average Bonchev–Trinajstić information content (AvgIpc) is 3.14. The summed E-state index contributed by atoms with van der Waals surface area (Å²) in [5.41, 5.74) is 2.83. The van der Waals surface area contributed by atoms with Gasteiger partial charge in [0, 0.05) is 34.7 Å². The van der Waals surface area contributed by atoms with Crippen LogP contribution in [0.1, 0.15) is 29.2 Å². The number of benzene rings is 1. The minimum atomic E-state index is -0.262. The number of hydrogen-bond acceptors (Lipinski definition) is 3. The quantitative estimate of drug-likeness (QED) is 0.660. The molecule has 0 spiro atoms. The lowest BCUT2D eigenvalue weighted by molar-refractivity contribution is 0.238. The van der Waals surface area contributed by atoms with Crippen molar-refractivity contribution in [1.82, 2.24) is 20.6 Å². The SMILES string of the molecule is Cc1csc(C(C)NC(=O)NCCc2c[nH]c3ccc(F)cc23)n1. The van der Waals surface area contributed by atoms with Crippen molar-refractivity contribution in [2.24, 2.45) is 0 Å². The van der Waals surface area contributed by atoms with Crippen LogP contribution in [-0.4, -0.2) is 22.5 Å². The largest absolute Gasteiger partial charge is 0.361 e. The number of amides is 2. The number of nitrogens with zero attached hydrogens (tertiary/aromatic N) is 1. The Balaban J connectivity index is 1.52. The normalized spacial score (nSPS) is 12.3. The van der Waals surface area contributed by atoms with Gasteiger partial charge in [-0.3, -0.25) is 0 Å². The van der Waals surface area contributed by atoms with Crippen molar-refractivity contribution in [3.8, 4) is 0 Å². The van der Waals surface area contributed by atoms with Crippen LogP contribution >= 0.6 is 11.3 Å². The van der Waals surface area contributed by atoms with Crippen LogP contribution in [0.2, 0.25) is 0 Å². The maximum atomic E-state index is 13.4. The van der Waals surface area contributed by atoms with E-state index < -0.39 is 0 Å². The summed E-state index contributed by atoms with van der Waals surface area (Å²) in [5, 5.41) is 9.39. The number of rotatable bonds is 5. The number of carbonyl (C=O) groups excluding carboxylic acids is 1. The second-order valence-corrected chi connectivity index (χ2v) is 6.59. The summed E-state index contributed by atoms with van der Waals surface area (Å²) in [6.45, 7) is 4.30. The van der Waals surface area contributed by atoms with Gasteiger partial charge >= 0.3 is 6.03 Å². The third kappa shape index (κ3) is 3.73. The van der Waals surface area contributed by atoms with Gasteiger partial charge in [-0.25, -0.2) is 14.2 Å². The van der Waals surface area contributed by atoms with Gasteiger partial charge in [0.15, 0.2) is 0 Å². The summed E-state index contributed by atoms with van der Waals surface area (Å²) in [5.74, 6) is -0.262. The van der Waals surface area contributed by atoms with Gasteiger partial charge in [-0.2, -0.15) is 0 Å². The molecule has 7 heteroatoms. The number of thiazole rings is 1. The van der Waals surface area contributed by atoms with E-state index in [-0.39, 0.29) is 17.9 Å². The Kier molecular flexibility index (Phi) is 4.80. The maximum Gasteiger partial charge on any atom is 0.315 e. The molecule has 2 heterocycles. The summed E-state index contributed by atoms with van der Waals surface area (Å²) in [6.07, 6.45) is 2.48. The molecule has 3 N–H and O–H groups in total.